The molecule has 0 aliphatic carbocycles. The second-order valence-electron chi connectivity index (χ2n) is 8.03. The number of ketones is 1. The first-order chi connectivity index (χ1) is 14.9. The first kappa shape index (κ1) is 21.2. The molecule has 2 heterocycles. The van der Waals surface area contributed by atoms with E-state index in [9.17, 15) is 9.59 Å². The lowest BCUT2D eigenvalue weighted by atomic mass is 9.83. The average Bonchev–Trinajstić information content (AvgIpc) is 3.15. The van der Waals surface area contributed by atoms with E-state index in [-0.39, 0.29) is 17.7 Å². The van der Waals surface area contributed by atoms with Crippen molar-refractivity contribution in [2.45, 2.75) is 53.1 Å². The summed E-state index contributed by atoms with van der Waals surface area (Å²) in [5.41, 5.74) is 3.70. The summed E-state index contributed by atoms with van der Waals surface area (Å²) < 4.78 is 11.1. The summed E-state index contributed by atoms with van der Waals surface area (Å²) in [6.07, 6.45) is 1.03. The number of benzene rings is 3. The molecule has 0 radical (unpaired) electrons. The van der Waals surface area contributed by atoms with Crippen LogP contribution >= 0.6 is 0 Å². The normalized spacial score (nSPS) is 17.4. The van der Waals surface area contributed by atoms with Crippen molar-refractivity contribution in [3.63, 3.8) is 0 Å². The number of amides is 1. The maximum atomic E-state index is 13.5. The number of hydrogen-bond acceptors (Lipinski definition) is 4. The lowest BCUT2D eigenvalue weighted by Crippen LogP contribution is -2.42. The molecule has 1 unspecified atom stereocenters. The maximum absolute atomic E-state index is 13.5. The Morgan fingerprint density at radius 2 is 1.39 bits per heavy atom. The smallest absolute Gasteiger partial charge is 0.223 e. The van der Waals surface area contributed by atoms with Gasteiger partial charge in [0, 0.05) is 18.5 Å². The number of rotatable bonds is 2. The number of nitrogens with zero attached hydrogens (tertiary/aromatic N) is 1. The van der Waals surface area contributed by atoms with E-state index >= 15 is 0 Å². The maximum Gasteiger partial charge on any atom is 0.223 e. The van der Waals surface area contributed by atoms with Gasteiger partial charge in [-0.05, 0) is 82.8 Å². The number of hydrogen-bond donors (Lipinski definition) is 0. The summed E-state index contributed by atoms with van der Waals surface area (Å²) >= 11 is 0. The molecule has 0 N–H and O–H groups in total. The van der Waals surface area contributed by atoms with E-state index in [1.165, 1.54) is 0 Å². The van der Waals surface area contributed by atoms with E-state index in [1.54, 1.807) is 19.1 Å². The van der Waals surface area contributed by atoms with Crippen molar-refractivity contribution < 1.29 is 19.1 Å². The van der Waals surface area contributed by atoms with E-state index in [2.05, 4.69) is 12.1 Å². The molecule has 1 amide bonds. The van der Waals surface area contributed by atoms with Crippen molar-refractivity contribution >= 4 is 33.2 Å². The van der Waals surface area contributed by atoms with Gasteiger partial charge in [0.15, 0.2) is 5.78 Å². The standard InChI is InChI=1S/C24H23NO4.C2H6/c1-12-7-14-15-8-13(2)21(29-4)10-17(15)23-18(16(14)9-20(12)28-3)11-25-19(24(23)27)5-6-22(25)26;1-2/h7-10,19H,5-6,11H2,1-4H3;1-2H3. The SMILES string of the molecule is CC.COc1cc2c3c(c4cc(OC)c(C)cc4c2cc1C)C(=O)C1CCC(=O)N1C3. The van der Waals surface area contributed by atoms with Gasteiger partial charge in [-0.3, -0.25) is 9.59 Å². The molecule has 2 aliphatic heterocycles. The Kier molecular flexibility index (Phi) is 5.38. The van der Waals surface area contributed by atoms with Crippen LogP contribution in [0.5, 0.6) is 11.5 Å². The molecule has 162 valence electrons. The molecule has 1 atom stereocenters. The summed E-state index contributed by atoms with van der Waals surface area (Å²) in [6.45, 7) is 8.49. The fourth-order valence-electron chi connectivity index (χ4n) is 5.00. The van der Waals surface area contributed by atoms with Gasteiger partial charge in [-0.1, -0.05) is 13.8 Å². The number of carbonyl (C=O) groups is 2. The van der Waals surface area contributed by atoms with Crippen LogP contribution in [0.25, 0.3) is 21.5 Å². The van der Waals surface area contributed by atoms with Gasteiger partial charge in [-0.25, -0.2) is 0 Å². The van der Waals surface area contributed by atoms with Gasteiger partial charge in [-0.15, -0.1) is 0 Å². The molecule has 0 saturated carbocycles. The van der Waals surface area contributed by atoms with Crippen LogP contribution in [0.1, 0.15) is 53.7 Å². The zero-order chi connectivity index (χ0) is 22.4. The highest BCUT2D eigenvalue weighted by atomic mass is 16.5. The molecule has 31 heavy (non-hydrogen) atoms. The van der Waals surface area contributed by atoms with E-state index < -0.39 is 0 Å². The Morgan fingerprint density at radius 1 is 0.839 bits per heavy atom. The van der Waals surface area contributed by atoms with Gasteiger partial charge >= 0.3 is 0 Å². The Hall–Kier alpha value is -3.08. The summed E-state index contributed by atoms with van der Waals surface area (Å²) in [5.74, 6) is 1.64. The molecule has 5 heteroatoms. The molecule has 5 nitrogen and oxygen atoms in total. The Bertz CT molecular complexity index is 1230. The molecular formula is C26H29NO4. The monoisotopic (exact) mass is 419 g/mol. The molecule has 3 aromatic carbocycles. The number of aryl methyl sites for hydroxylation is 2. The third-order valence-electron chi connectivity index (χ3n) is 6.46. The van der Waals surface area contributed by atoms with Crippen LogP contribution < -0.4 is 9.47 Å². The first-order valence-electron chi connectivity index (χ1n) is 10.9. The van der Waals surface area contributed by atoms with Gasteiger partial charge in [0.25, 0.3) is 0 Å². The van der Waals surface area contributed by atoms with Crippen molar-refractivity contribution in [2.24, 2.45) is 0 Å². The second kappa shape index (κ2) is 7.88. The van der Waals surface area contributed by atoms with Crippen molar-refractivity contribution in [2.75, 3.05) is 14.2 Å². The molecule has 0 spiro atoms. The van der Waals surface area contributed by atoms with Crippen molar-refractivity contribution in [3.05, 3.63) is 46.5 Å². The Morgan fingerprint density at radius 3 is 1.97 bits per heavy atom. The summed E-state index contributed by atoms with van der Waals surface area (Å²) in [6, 6.07) is 7.85. The van der Waals surface area contributed by atoms with E-state index in [1.807, 2.05) is 39.8 Å². The van der Waals surface area contributed by atoms with Gasteiger partial charge in [0.2, 0.25) is 5.91 Å². The fraction of sp³-hybridized carbons (Fsp3) is 0.385. The van der Waals surface area contributed by atoms with E-state index in [0.717, 1.165) is 55.3 Å². The quantitative estimate of drug-likeness (QED) is 0.526. The molecule has 0 bridgehead atoms. The predicted octanol–water partition coefficient (Wildman–Crippen LogP) is 5.34. The van der Waals surface area contributed by atoms with Crippen LogP contribution in [-0.4, -0.2) is 36.9 Å². The molecule has 5 rings (SSSR count). The number of Topliss-reactive ketones (excluding diaryl/α,β-unsaturated/α-hetero) is 1. The lowest BCUT2D eigenvalue weighted by Gasteiger charge is -2.32. The zero-order valence-corrected chi connectivity index (χ0v) is 19.1. The number of fused-ring (bicyclic) bond motifs is 7. The Balaban J connectivity index is 0.00000112. The molecule has 2 aliphatic rings. The van der Waals surface area contributed by atoms with Crippen LogP contribution in [0.4, 0.5) is 0 Å². The summed E-state index contributed by atoms with van der Waals surface area (Å²) in [7, 11) is 3.30. The largest absolute Gasteiger partial charge is 0.496 e. The van der Waals surface area contributed by atoms with Gasteiger partial charge in [-0.2, -0.15) is 0 Å². The van der Waals surface area contributed by atoms with Gasteiger partial charge < -0.3 is 14.4 Å². The molecule has 1 saturated heterocycles. The van der Waals surface area contributed by atoms with Crippen LogP contribution in [0, 0.1) is 13.8 Å². The third kappa shape index (κ3) is 3.06. The number of carbonyl (C=O) groups excluding carboxylic acids is 2. The van der Waals surface area contributed by atoms with Crippen molar-refractivity contribution in [1.82, 2.24) is 4.90 Å². The van der Waals surface area contributed by atoms with E-state index in [4.69, 9.17) is 9.47 Å². The number of ether oxygens (including phenoxy) is 2. The molecule has 0 aromatic heterocycles. The predicted molar refractivity (Wildman–Crippen MR) is 123 cm³/mol. The van der Waals surface area contributed by atoms with Gasteiger partial charge in [0.1, 0.15) is 11.5 Å². The second-order valence-corrected chi connectivity index (χ2v) is 8.03. The Labute approximate surface area is 182 Å². The molecular weight excluding hydrogens is 390 g/mol. The van der Waals surface area contributed by atoms with Crippen molar-refractivity contribution in [1.29, 1.82) is 0 Å². The third-order valence-corrected chi connectivity index (χ3v) is 6.46. The zero-order valence-electron chi connectivity index (χ0n) is 19.1. The summed E-state index contributed by atoms with van der Waals surface area (Å²) in [5, 5.41) is 3.99. The minimum atomic E-state index is -0.352. The highest BCUT2D eigenvalue weighted by Crippen LogP contribution is 2.43. The summed E-state index contributed by atoms with van der Waals surface area (Å²) in [4.78, 5) is 27.7. The van der Waals surface area contributed by atoms with Crippen LogP contribution in [-0.2, 0) is 11.3 Å². The highest BCUT2D eigenvalue weighted by Gasteiger charge is 2.42. The minimum Gasteiger partial charge on any atom is -0.496 e. The number of methoxy groups -OCH3 is 2. The lowest BCUT2D eigenvalue weighted by molar-refractivity contribution is -0.129. The molecule has 1 fully saturated rings. The van der Waals surface area contributed by atoms with Crippen LogP contribution in [0.3, 0.4) is 0 Å². The average molecular weight is 420 g/mol. The van der Waals surface area contributed by atoms with Crippen LogP contribution in [0.2, 0.25) is 0 Å². The fourth-order valence-corrected chi connectivity index (χ4v) is 5.00. The minimum absolute atomic E-state index is 0.0365. The first-order valence-corrected chi connectivity index (χ1v) is 10.9. The molecule has 3 aromatic rings. The topological polar surface area (TPSA) is 55.8 Å². The van der Waals surface area contributed by atoms with Gasteiger partial charge in [0.05, 0.1) is 20.3 Å². The highest BCUT2D eigenvalue weighted by molar-refractivity contribution is 6.22. The van der Waals surface area contributed by atoms with E-state index in [0.29, 0.717) is 19.4 Å². The van der Waals surface area contributed by atoms with Crippen molar-refractivity contribution in [3.8, 4) is 11.5 Å². The van der Waals surface area contributed by atoms with Crippen LogP contribution in [0.15, 0.2) is 24.3 Å².